The van der Waals surface area contributed by atoms with Crippen molar-refractivity contribution in [2.75, 3.05) is 47.6 Å². The molecule has 2 atom stereocenters. The molecule has 0 amide bonds. The fourth-order valence-electron chi connectivity index (χ4n) is 2.44. The third kappa shape index (κ3) is 6.93. The highest BCUT2D eigenvalue weighted by Crippen LogP contribution is 2.20. The van der Waals surface area contributed by atoms with E-state index in [2.05, 4.69) is 24.4 Å². The predicted molar refractivity (Wildman–Crippen MR) is 86.0 cm³/mol. The molecule has 0 heterocycles. The highest BCUT2D eigenvalue weighted by molar-refractivity contribution is 5.28. The van der Waals surface area contributed by atoms with Crippen LogP contribution in [0.3, 0.4) is 0 Å². The maximum Gasteiger partial charge on any atom is 0.119 e. The van der Waals surface area contributed by atoms with Gasteiger partial charge in [0.15, 0.2) is 0 Å². The van der Waals surface area contributed by atoms with Gasteiger partial charge >= 0.3 is 0 Å². The first-order valence-electron chi connectivity index (χ1n) is 7.52. The molecule has 1 rings (SSSR count). The molecule has 4 nitrogen and oxygen atoms in total. The summed E-state index contributed by atoms with van der Waals surface area (Å²) in [4.78, 5) is 0. The highest BCUT2D eigenvalue weighted by atomic mass is 16.5. The van der Waals surface area contributed by atoms with Crippen LogP contribution in [0.1, 0.15) is 12.5 Å². The van der Waals surface area contributed by atoms with Gasteiger partial charge in [0.25, 0.3) is 0 Å². The Morgan fingerprint density at radius 1 is 1.14 bits per heavy atom. The molecule has 0 spiro atoms. The number of rotatable bonds is 11. The van der Waals surface area contributed by atoms with Crippen molar-refractivity contribution >= 4 is 0 Å². The van der Waals surface area contributed by atoms with Gasteiger partial charge in [0.2, 0.25) is 0 Å². The Hall–Kier alpha value is -1.10. The molecular weight excluding hydrogens is 266 g/mol. The van der Waals surface area contributed by atoms with Gasteiger partial charge in [-0.1, -0.05) is 19.1 Å². The van der Waals surface area contributed by atoms with Crippen molar-refractivity contribution < 1.29 is 14.2 Å². The molecule has 0 aliphatic carbocycles. The number of ether oxygens (including phenoxy) is 3. The third-order valence-corrected chi connectivity index (χ3v) is 3.76. The van der Waals surface area contributed by atoms with Crippen molar-refractivity contribution in [3.63, 3.8) is 0 Å². The van der Waals surface area contributed by atoms with Crippen molar-refractivity contribution in [2.45, 2.75) is 13.3 Å². The molecule has 0 radical (unpaired) electrons. The maximum atomic E-state index is 5.32. The number of nitrogens with one attached hydrogen (secondary N) is 1. The van der Waals surface area contributed by atoms with Crippen LogP contribution in [0.5, 0.6) is 5.75 Å². The standard InChI is InChI=1S/C17H29NO3/c1-14(13-20-3)16(12-18-8-9-19-2)10-15-6-5-7-17(11-15)21-4/h5-7,11,14,16,18H,8-10,12-13H2,1-4H3. The summed E-state index contributed by atoms with van der Waals surface area (Å²) in [7, 11) is 5.19. The van der Waals surface area contributed by atoms with Crippen LogP contribution in [0, 0.1) is 11.8 Å². The number of hydrogen-bond acceptors (Lipinski definition) is 4. The minimum atomic E-state index is 0.497. The molecule has 21 heavy (non-hydrogen) atoms. The second-order valence-electron chi connectivity index (χ2n) is 5.45. The first kappa shape index (κ1) is 18.0. The molecule has 0 aliphatic rings. The molecule has 1 aromatic carbocycles. The highest BCUT2D eigenvalue weighted by Gasteiger charge is 2.17. The lowest BCUT2D eigenvalue weighted by Crippen LogP contribution is -2.32. The first-order valence-corrected chi connectivity index (χ1v) is 7.52. The van der Waals surface area contributed by atoms with Gasteiger partial charge in [-0.25, -0.2) is 0 Å². The van der Waals surface area contributed by atoms with E-state index < -0.39 is 0 Å². The van der Waals surface area contributed by atoms with Gasteiger partial charge < -0.3 is 19.5 Å². The molecule has 2 unspecified atom stereocenters. The lowest BCUT2D eigenvalue weighted by Gasteiger charge is -2.24. The summed E-state index contributed by atoms with van der Waals surface area (Å²) in [6.45, 7) is 5.60. The predicted octanol–water partition coefficient (Wildman–Crippen LogP) is 2.37. The van der Waals surface area contributed by atoms with Crippen molar-refractivity contribution in [1.29, 1.82) is 0 Å². The summed E-state index contributed by atoms with van der Waals surface area (Å²) in [6.07, 6.45) is 1.02. The Bertz CT molecular complexity index is 384. The van der Waals surface area contributed by atoms with E-state index in [0.717, 1.165) is 38.5 Å². The van der Waals surface area contributed by atoms with E-state index in [1.807, 2.05) is 12.1 Å². The van der Waals surface area contributed by atoms with Gasteiger partial charge in [-0.15, -0.1) is 0 Å². The Morgan fingerprint density at radius 2 is 1.95 bits per heavy atom. The van der Waals surface area contributed by atoms with E-state index in [4.69, 9.17) is 14.2 Å². The second kappa shape index (κ2) is 10.6. The average Bonchev–Trinajstić information content (AvgIpc) is 2.50. The van der Waals surface area contributed by atoms with E-state index in [9.17, 15) is 0 Å². The Morgan fingerprint density at radius 3 is 2.62 bits per heavy atom. The van der Waals surface area contributed by atoms with Crippen molar-refractivity contribution in [3.8, 4) is 5.75 Å². The molecule has 4 heteroatoms. The third-order valence-electron chi connectivity index (χ3n) is 3.76. The Kier molecular flexibility index (Phi) is 9.06. The van der Waals surface area contributed by atoms with Gasteiger partial charge in [-0.2, -0.15) is 0 Å². The first-order chi connectivity index (χ1) is 10.2. The fourth-order valence-corrected chi connectivity index (χ4v) is 2.44. The minimum absolute atomic E-state index is 0.497. The van der Waals surface area contributed by atoms with Gasteiger partial charge in [0.05, 0.1) is 13.7 Å². The quantitative estimate of drug-likeness (QED) is 0.636. The lowest BCUT2D eigenvalue weighted by molar-refractivity contribution is 0.126. The molecule has 120 valence electrons. The zero-order valence-electron chi connectivity index (χ0n) is 13.7. The van der Waals surface area contributed by atoms with E-state index in [0.29, 0.717) is 11.8 Å². The maximum absolute atomic E-state index is 5.32. The number of methoxy groups -OCH3 is 3. The van der Waals surface area contributed by atoms with E-state index >= 15 is 0 Å². The van der Waals surface area contributed by atoms with Crippen LogP contribution in [0.25, 0.3) is 0 Å². The lowest BCUT2D eigenvalue weighted by atomic mass is 9.88. The van der Waals surface area contributed by atoms with Crippen LogP contribution in [0.4, 0.5) is 0 Å². The normalized spacial score (nSPS) is 13.9. The zero-order chi connectivity index (χ0) is 15.5. The van der Waals surface area contributed by atoms with Crippen molar-refractivity contribution in [2.24, 2.45) is 11.8 Å². The molecule has 0 saturated heterocycles. The van der Waals surface area contributed by atoms with E-state index in [1.54, 1.807) is 21.3 Å². The van der Waals surface area contributed by atoms with Gasteiger partial charge in [0, 0.05) is 27.4 Å². The molecule has 0 bridgehead atoms. The van der Waals surface area contributed by atoms with Gasteiger partial charge in [-0.3, -0.25) is 0 Å². The molecule has 1 aromatic rings. The van der Waals surface area contributed by atoms with Crippen molar-refractivity contribution in [1.82, 2.24) is 5.32 Å². The van der Waals surface area contributed by atoms with E-state index in [1.165, 1.54) is 5.56 Å². The molecule has 0 aliphatic heterocycles. The average molecular weight is 295 g/mol. The Balaban J connectivity index is 2.61. The summed E-state index contributed by atoms with van der Waals surface area (Å²) >= 11 is 0. The number of hydrogen-bond donors (Lipinski definition) is 1. The van der Waals surface area contributed by atoms with Crippen LogP contribution in [-0.2, 0) is 15.9 Å². The zero-order valence-corrected chi connectivity index (χ0v) is 13.7. The van der Waals surface area contributed by atoms with Gasteiger partial charge in [0.1, 0.15) is 5.75 Å². The Labute approximate surface area is 128 Å². The molecule has 0 fully saturated rings. The van der Waals surface area contributed by atoms with Crippen LogP contribution in [0.15, 0.2) is 24.3 Å². The fraction of sp³-hybridized carbons (Fsp3) is 0.647. The summed E-state index contributed by atoms with van der Waals surface area (Å²) in [5, 5.41) is 3.46. The molecule has 1 N–H and O–H groups in total. The second-order valence-corrected chi connectivity index (χ2v) is 5.45. The topological polar surface area (TPSA) is 39.7 Å². The molecule has 0 aromatic heterocycles. The van der Waals surface area contributed by atoms with Gasteiger partial charge in [-0.05, 0) is 42.5 Å². The van der Waals surface area contributed by atoms with Crippen LogP contribution < -0.4 is 10.1 Å². The minimum Gasteiger partial charge on any atom is -0.497 e. The summed E-state index contributed by atoms with van der Waals surface area (Å²) in [6, 6.07) is 8.30. The molecular formula is C17H29NO3. The summed E-state index contributed by atoms with van der Waals surface area (Å²) < 4.78 is 15.7. The molecule has 0 saturated carbocycles. The largest absolute Gasteiger partial charge is 0.497 e. The summed E-state index contributed by atoms with van der Waals surface area (Å²) in [5.74, 6) is 1.93. The van der Waals surface area contributed by atoms with E-state index in [-0.39, 0.29) is 0 Å². The van der Waals surface area contributed by atoms with Crippen LogP contribution >= 0.6 is 0 Å². The summed E-state index contributed by atoms with van der Waals surface area (Å²) in [5.41, 5.74) is 1.30. The van der Waals surface area contributed by atoms with Crippen LogP contribution in [-0.4, -0.2) is 47.6 Å². The SMILES string of the molecule is COCCNCC(Cc1cccc(OC)c1)C(C)COC. The van der Waals surface area contributed by atoms with Crippen LogP contribution in [0.2, 0.25) is 0 Å². The number of benzene rings is 1. The monoisotopic (exact) mass is 295 g/mol. The smallest absolute Gasteiger partial charge is 0.119 e. The van der Waals surface area contributed by atoms with Crippen molar-refractivity contribution in [3.05, 3.63) is 29.8 Å².